The fourth-order valence-corrected chi connectivity index (χ4v) is 2.86. The Morgan fingerprint density at radius 3 is 2.33 bits per heavy atom. The Labute approximate surface area is 186 Å². The Hall–Kier alpha value is -3.40. The standard InChI is InChI=1S/C23H14BrClN2O3/c24-18-7-11-20(12-8-18)27-22(28)17(14-26)13-16-3-1-2-4-21(16)30-23(29)15-5-9-19(25)10-6-15/h1-13H,(H,27,28)/b17-13+. The van der Waals surface area contributed by atoms with E-state index in [2.05, 4.69) is 21.2 Å². The minimum atomic E-state index is -0.578. The van der Waals surface area contributed by atoms with Crippen LogP contribution in [0.1, 0.15) is 15.9 Å². The molecule has 0 saturated heterocycles. The minimum absolute atomic E-state index is 0.132. The van der Waals surface area contributed by atoms with Crippen LogP contribution in [0.2, 0.25) is 5.02 Å². The average molecular weight is 482 g/mol. The molecule has 0 heterocycles. The molecule has 3 aromatic carbocycles. The van der Waals surface area contributed by atoms with Crippen LogP contribution in [0.5, 0.6) is 5.75 Å². The van der Waals surface area contributed by atoms with Crippen LogP contribution < -0.4 is 10.1 Å². The first-order chi connectivity index (χ1) is 14.5. The van der Waals surface area contributed by atoms with Crippen LogP contribution in [-0.4, -0.2) is 11.9 Å². The van der Waals surface area contributed by atoms with Gasteiger partial charge in [-0.25, -0.2) is 4.79 Å². The van der Waals surface area contributed by atoms with Crippen molar-refractivity contribution in [3.8, 4) is 11.8 Å². The molecule has 0 aromatic heterocycles. The summed E-state index contributed by atoms with van der Waals surface area (Å²) in [4.78, 5) is 24.9. The first-order valence-electron chi connectivity index (χ1n) is 8.72. The van der Waals surface area contributed by atoms with Crippen LogP contribution in [0.4, 0.5) is 5.69 Å². The van der Waals surface area contributed by atoms with Crippen molar-refractivity contribution in [1.29, 1.82) is 5.26 Å². The average Bonchev–Trinajstić information content (AvgIpc) is 2.75. The molecule has 0 unspecified atom stereocenters. The molecule has 3 rings (SSSR count). The molecule has 0 saturated carbocycles. The molecule has 1 N–H and O–H groups in total. The van der Waals surface area contributed by atoms with Gasteiger partial charge >= 0.3 is 5.97 Å². The molecule has 0 aliphatic carbocycles. The summed E-state index contributed by atoms with van der Waals surface area (Å²) in [6, 6.07) is 21.8. The number of hydrogen-bond acceptors (Lipinski definition) is 4. The number of hydrogen-bond donors (Lipinski definition) is 1. The molecule has 30 heavy (non-hydrogen) atoms. The quantitative estimate of drug-likeness (QED) is 0.214. The highest BCUT2D eigenvalue weighted by atomic mass is 79.9. The number of rotatable bonds is 5. The molecule has 148 valence electrons. The molecule has 0 aliphatic heterocycles. The molecule has 0 spiro atoms. The fourth-order valence-electron chi connectivity index (χ4n) is 2.47. The van der Waals surface area contributed by atoms with E-state index >= 15 is 0 Å². The van der Waals surface area contributed by atoms with E-state index in [4.69, 9.17) is 16.3 Å². The molecule has 0 radical (unpaired) electrons. The maximum atomic E-state index is 12.5. The van der Waals surface area contributed by atoms with Gasteiger partial charge in [-0.05, 0) is 60.7 Å². The highest BCUT2D eigenvalue weighted by Gasteiger charge is 2.14. The largest absolute Gasteiger partial charge is 0.422 e. The minimum Gasteiger partial charge on any atom is -0.422 e. The predicted octanol–water partition coefficient (Wildman–Crippen LogP) is 5.87. The number of nitrogens with one attached hydrogen (secondary N) is 1. The number of nitriles is 1. The Morgan fingerprint density at radius 1 is 1.00 bits per heavy atom. The van der Waals surface area contributed by atoms with Crippen molar-refractivity contribution in [3.05, 3.63) is 99.0 Å². The van der Waals surface area contributed by atoms with Crippen LogP contribution >= 0.6 is 27.5 Å². The van der Waals surface area contributed by atoms with Gasteiger partial charge in [0.05, 0.1) is 5.56 Å². The molecule has 0 bridgehead atoms. The number of anilines is 1. The van der Waals surface area contributed by atoms with Crippen molar-refractivity contribution in [3.63, 3.8) is 0 Å². The summed E-state index contributed by atoms with van der Waals surface area (Å²) < 4.78 is 6.32. The van der Waals surface area contributed by atoms with E-state index < -0.39 is 11.9 Å². The van der Waals surface area contributed by atoms with Crippen molar-refractivity contribution >= 4 is 51.2 Å². The van der Waals surface area contributed by atoms with E-state index in [-0.39, 0.29) is 11.3 Å². The van der Waals surface area contributed by atoms with E-state index in [1.165, 1.54) is 6.08 Å². The number of nitrogens with zero attached hydrogens (tertiary/aromatic N) is 1. The summed E-state index contributed by atoms with van der Waals surface area (Å²) in [5, 5.41) is 12.6. The maximum absolute atomic E-state index is 12.5. The van der Waals surface area contributed by atoms with Crippen LogP contribution in [0.25, 0.3) is 6.08 Å². The summed E-state index contributed by atoms with van der Waals surface area (Å²) in [5.41, 5.74) is 1.16. The molecule has 0 atom stereocenters. The monoisotopic (exact) mass is 480 g/mol. The molecule has 3 aromatic rings. The van der Waals surface area contributed by atoms with E-state index in [1.807, 2.05) is 6.07 Å². The SMILES string of the molecule is N#C/C(=C\c1ccccc1OC(=O)c1ccc(Cl)cc1)C(=O)Nc1ccc(Br)cc1. The zero-order valence-corrected chi connectivity index (χ0v) is 17.8. The third-order valence-electron chi connectivity index (χ3n) is 3.97. The zero-order valence-electron chi connectivity index (χ0n) is 15.4. The molecule has 1 amide bonds. The van der Waals surface area contributed by atoms with Gasteiger partial charge < -0.3 is 10.1 Å². The van der Waals surface area contributed by atoms with Gasteiger partial charge in [0.2, 0.25) is 0 Å². The van der Waals surface area contributed by atoms with Gasteiger partial charge in [-0.2, -0.15) is 5.26 Å². The van der Waals surface area contributed by atoms with Gasteiger partial charge in [-0.3, -0.25) is 4.79 Å². The van der Waals surface area contributed by atoms with Crippen molar-refractivity contribution in [1.82, 2.24) is 0 Å². The van der Waals surface area contributed by atoms with Crippen LogP contribution in [0.15, 0.2) is 82.8 Å². The molecule has 7 heteroatoms. The Morgan fingerprint density at radius 2 is 1.67 bits per heavy atom. The van der Waals surface area contributed by atoms with E-state index in [9.17, 15) is 14.9 Å². The van der Waals surface area contributed by atoms with Gasteiger partial charge in [0.25, 0.3) is 5.91 Å². The normalized spacial score (nSPS) is 10.8. The van der Waals surface area contributed by atoms with E-state index in [0.717, 1.165) is 4.47 Å². The molecule has 5 nitrogen and oxygen atoms in total. The first kappa shape index (κ1) is 21.3. The summed E-state index contributed by atoms with van der Waals surface area (Å²) in [6.45, 7) is 0. The summed E-state index contributed by atoms with van der Waals surface area (Å²) in [5.74, 6) is -0.925. The lowest BCUT2D eigenvalue weighted by molar-refractivity contribution is -0.112. The van der Waals surface area contributed by atoms with Crippen LogP contribution in [0.3, 0.4) is 0 Å². The number of benzene rings is 3. The molecular formula is C23H14BrClN2O3. The number of esters is 1. The lowest BCUT2D eigenvalue weighted by Crippen LogP contribution is -2.13. The number of carbonyl (C=O) groups is 2. The van der Waals surface area contributed by atoms with Crippen LogP contribution in [-0.2, 0) is 4.79 Å². The van der Waals surface area contributed by atoms with Gasteiger partial charge in [0, 0.05) is 20.7 Å². The summed E-state index contributed by atoms with van der Waals surface area (Å²) >= 11 is 9.16. The number of ether oxygens (including phenoxy) is 1. The van der Waals surface area contributed by atoms with Gasteiger partial charge in [-0.15, -0.1) is 0 Å². The molecule has 0 fully saturated rings. The predicted molar refractivity (Wildman–Crippen MR) is 119 cm³/mol. The smallest absolute Gasteiger partial charge is 0.343 e. The Balaban J connectivity index is 1.82. The highest BCUT2D eigenvalue weighted by Crippen LogP contribution is 2.23. The summed E-state index contributed by atoms with van der Waals surface area (Å²) in [6.07, 6.45) is 1.37. The second kappa shape index (κ2) is 9.88. The van der Waals surface area contributed by atoms with E-state index in [1.54, 1.807) is 72.8 Å². The lowest BCUT2D eigenvalue weighted by Gasteiger charge is -2.09. The number of halogens is 2. The number of para-hydroxylation sites is 1. The topological polar surface area (TPSA) is 79.2 Å². The van der Waals surface area contributed by atoms with Crippen molar-refractivity contribution < 1.29 is 14.3 Å². The third-order valence-corrected chi connectivity index (χ3v) is 4.75. The zero-order chi connectivity index (χ0) is 21.5. The lowest BCUT2D eigenvalue weighted by atomic mass is 10.1. The van der Waals surface area contributed by atoms with E-state index in [0.29, 0.717) is 21.8 Å². The van der Waals surface area contributed by atoms with Crippen molar-refractivity contribution in [2.75, 3.05) is 5.32 Å². The number of amides is 1. The van der Waals surface area contributed by atoms with Crippen molar-refractivity contribution in [2.45, 2.75) is 0 Å². The second-order valence-corrected chi connectivity index (χ2v) is 7.42. The first-order valence-corrected chi connectivity index (χ1v) is 9.89. The van der Waals surface area contributed by atoms with Crippen molar-refractivity contribution in [2.24, 2.45) is 0 Å². The fraction of sp³-hybridized carbons (Fsp3) is 0. The highest BCUT2D eigenvalue weighted by molar-refractivity contribution is 9.10. The molecular weight excluding hydrogens is 468 g/mol. The third kappa shape index (κ3) is 5.57. The van der Waals surface area contributed by atoms with Gasteiger partial charge in [-0.1, -0.05) is 45.7 Å². The second-order valence-electron chi connectivity index (χ2n) is 6.07. The number of carbonyl (C=O) groups excluding carboxylic acids is 2. The Bertz CT molecular complexity index is 1150. The summed E-state index contributed by atoms with van der Waals surface area (Å²) in [7, 11) is 0. The van der Waals surface area contributed by atoms with Gasteiger partial charge in [0.1, 0.15) is 17.4 Å². The maximum Gasteiger partial charge on any atom is 0.343 e. The van der Waals surface area contributed by atoms with Crippen LogP contribution in [0, 0.1) is 11.3 Å². The Kier molecular flexibility index (Phi) is 7.02. The molecule has 0 aliphatic rings. The van der Waals surface area contributed by atoms with Gasteiger partial charge in [0.15, 0.2) is 0 Å².